The molecule has 8 nitrogen and oxygen atoms in total. The molecule has 2 amide bonds. The lowest BCUT2D eigenvalue weighted by Crippen LogP contribution is -2.40. The van der Waals surface area contributed by atoms with E-state index in [4.69, 9.17) is 4.42 Å². The topological polar surface area (TPSA) is 97.4 Å². The minimum absolute atomic E-state index is 0.109. The van der Waals surface area contributed by atoms with Gasteiger partial charge in [0.05, 0.1) is 31.1 Å². The number of hydrogen-bond acceptors (Lipinski definition) is 6. The van der Waals surface area contributed by atoms with E-state index >= 15 is 0 Å². The van der Waals surface area contributed by atoms with Crippen LogP contribution in [0.15, 0.2) is 45.4 Å². The van der Waals surface area contributed by atoms with Crippen LogP contribution in [0.2, 0.25) is 0 Å². The van der Waals surface area contributed by atoms with E-state index in [1.165, 1.54) is 40.4 Å². The van der Waals surface area contributed by atoms with Gasteiger partial charge in [0.25, 0.3) is 5.56 Å². The van der Waals surface area contributed by atoms with Crippen LogP contribution >= 0.6 is 11.3 Å². The quantitative estimate of drug-likeness (QED) is 0.702. The zero-order valence-electron chi connectivity index (χ0n) is 13.5. The van der Waals surface area contributed by atoms with Gasteiger partial charge in [0, 0.05) is 7.05 Å². The van der Waals surface area contributed by atoms with Crippen molar-refractivity contribution in [2.75, 3.05) is 13.6 Å². The average molecular weight is 360 g/mol. The van der Waals surface area contributed by atoms with Crippen molar-refractivity contribution in [2.45, 2.75) is 13.1 Å². The van der Waals surface area contributed by atoms with Crippen LogP contribution in [0, 0.1) is 0 Å². The molecule has 0 aliphatic heterocycles. The van der Waals surface area contributed by atoms with Crippen LogP contribution in [0.5, 0.6) is 0 Å². The minimum Gasteiger partial charge on any atom is -0.467 e. The molecule has 3 heterocycles. The number of hydrogen-bond donors (Lipinski definition) is 1. The van der Waals surface area contributed by atoms with Gasteiger partial charge in [-0.05, 0) is 23.6 Å². The highest BCUT2D eigenvalue weighted by Crippen LogP contribution is 2.13. The van der Waals surface area contributed by atoms with Gasteiger partial charge in [0.15, 0.2) is 0 Å². The van der Waals surface area contributed by atoms with Gasteiger partial charge in [-0.15, -0.1) is 11.3 Å². The molecule has 0 atom stereocenters. The van der Waals surface area contributed by atoms with Crippen LogP contribution in [0.4, 0.5) is 0 Å². The minimum atomic E-state index is -0.355. The smallest absolute Gasteiger partial charge is 0.262 e. The Morgan fingerprint density at radius 1 is 1.40 bits per heavy atom. The molecule has 0 fully saturated rings. The monoisotopic (exact) mass is 360 g/mol. The highest BCUT2D eigenvalue weighted by atomic mass is 32.1. The summed E-state index contributed by atoms with van der Waals surface area (Å²) in [7, 11) is 1.51. The van der Waals surface area contributed by atoms with Crippen molar-refractivity contribution in [3.05, 3.63) is 52.3 Å². The van der Waals surface area contributed by atoms with E-state index in [1.807, 2.05) is 0 Å². The normalized spacial score (nSPS) is 10.8. The molecule has 0 aromatic carbocycles. The van der Waals surface area contributed by atoms with Gasteiger partial charge in [-0.1, -0.05) is 0 Å². The Kier molecular flexibility index (Phi) is 4.94. The molecule has 0 saturated carbocycles. The zero-order chi connectivity index (χ0) is 17.8. The second kappa shape index (κ2) is 7.31. The van der Waals surface area contributed by atoms with Gasteiger partial charge in [0.1, 0.15) is 17.1 Å². The van der Waals surface area contributed by atoms with Crippen molar-refractivity contribution in [1.29, 1.82) is 0 Å². The summed E-state index contributed by atoms with van der Waals surface area (Å²) in [6.07, 6.45) is 2.87. The molecule has 0 saturated heterocycles. The first kappa shape index (κ1) is 16.9. The molecule has 3 rings (SSSR count). The Bertz CT molecular complexity index is 945. The number of fused-ring (bicyclic) bond motifs is 1. The highest BCUT2D eigenvalue weighted by Gasteiger charge is 2.15. The maximum atomic E-state index is 12.3. The molecule has 1 N–H and O–H groups in total. The summed E-state index contributed by atoms with van der Waals surface area (Å²) < 4.78 is 6.36. The fraction of sp³-hybridized carbons (Fsp3) is 0.250. The molecule has 0 aliphatic carbocycles. The molecule has 25 heavy (non-hydrogen) atoms. The SMILES string of the molecule is CN(CC(=O)NCc1ccco1)C(=O)Cn1cnc2sccc2c1=O. The van der Waals surface area contributed by atoms with Crippen molar-refractivity contribution in [1.82, 2.24) is 19.8 Å². The Labute approximate surface area is 146 Å². The average Bonchev–Trinajstić information content (AvgIpc) is 3.26. The predicted octanol–water partition coefficient (Wildman–Crippen LogP) is 0.826. The predicted molar refractivity (Wildman–Crippen MR) is 92.1 cm³/mol. The first-order valence-electron chi connectivity index (χ1n) is 7.50. The molecule has 0 aliphatic rings. The van der Waals surface area contributed by atoms with Gasteiger partial charge >= 0.3 is 0 Å². The van der Waals surface area contributed by atoms with Crippen molar-refractivity contribution < 1.29 is 14.0 Å². The van der Waals surface area contributed by atoms with Crippen molar-refractivity contribution in [2.24, 2.45) is 0 Å². The summed E-state index contributed by atoms with van der Waals surface area (Å²) in [6, 6.07) is 5.16. The van der Waals surface area contributed by atoms with Gasteiger partial charge in [-0.25, -0.2) is 4.98 Å². The fourth-order valence-electron chi connectivity index (χ4n) is 2.23. The summed E-state index contributed by atoms with van der Waals surface area (Å²) >= 11 is 1.37. The Morgan fingerprint density at radius 2 is 2.24 bits per heavy atom. The fourth-order valence-corrected chi connectivity index (χ4v) is 2.95. The van der Waals surface area contributed by atoms with E-state index in [9.17, 15) is 14.4 Å². The second-order valence-corrected chi connectivity index (χ2v) is 6.32. The molecule has 0 radical (unpaired) electrons. The molecule has 130 valence electrons. The summed E-state index contributed by atoms with van der Waals surface area (Å²) in [6.45, 7) is -0.0198. The standard InChI is InChI=1S/C16H16N4O4S/c1-19(8-13(21)17-7-11-3-2-5-24-11)14(22)9-20-10-18-15-12(16(20)23)4-6-25-15/h2-6,10H,7-9H2,1H3,(H,17,21). The van der Waals surface area contributed by atoms with Crippen LogP contribution in [0.25, 0.3) is 10.2 Å². The Morgan fingerprint density at radius 3 is 3.00 bits per heavy atom. The zero-order valence-corrected chi connectivity index (χ0v) is 14.3. The summed E-state index contributed by atoms with van der Waals surface area (Å²) in [4.78, 5) is 42.5. The second-order valence-electron chi connectivity index (χ2n) is 5.42. The lowest BCUT2D eigenvalue weighted by atomic mass is 10.4. The molecular weight excluding hydrogens is 344 g/mol. The number of nitrogens with one attached hydrogen (secondary N) is 1. The number of carbonyl (C=O) groups excluding carboxylic acids is 2. The number of rotatable bonds is 6. The van der Waals surface area contributed by atoms with E-state index in [2.05, 4.69) is 10.3 Å². The molecular formula is C16H16N4O4S. The van der Waals surface area contributed by atoms with Crippen LogP contribution in [-0.2, 0) is 22.7 Å². The lowest BCUT2D eigenvalue weighted by Gasteiger charge is -2.17. The third-order valence-corrected chi connectivity index (χ3v) is 4.42. The third kappa shape index (κ3) is 3.94. The van der Waals surface area contributed by atoms with E-state index < -0.39 is 0 Å². The van der Waals surface area contributed by atoms with E-state index in [0.717, 1.165) is 0 Å². The number of thiophene rings is 1. The number of nitrogens with zero attached hydrogens (tertiary/aromatic N) is 3. The van der Waals surface area contributed by atoms with Crippen LogP contribution in [0.1, 0.15) is 5.76 Å². The Hall–Kier alpha value is -2.94. The Balaban J connectivity index is 1.57. The summed E-state index contributed by atoms with van der Waals surface area (Å²) in [5.74, 6) is -0.0401. The lowest BCUT2D eigenvalue weighted by molar-refractivity contribution is -0.135. The van der Waals surface area contributed by atoms with E-state index in [0.29, 0.717) is 16.0 Å². The molecule has 3 aromatic rings. The van der Waals surface area contributed by atoms with Crippen molar-refractivity contribution >= 4 is 33.4 Å². The van der Waals surface area contributed by atoms with Crippen molar-refractivity contribution in [3.63, 3.8) is 0 Å². The van der Waals surface area contributed by atoms with Crippen LogP contribution in [0.3, 0.4) is 0 Å². The van der Waals surface area contributed by atoms with Gasteiger partial charge in [-0.2, -0.15) is 0 Å². The van der Waals surface area contributed by atoms with Gasteiger partial charge in [-0.3, -0.25) is 19.0 Å². The van der Waals surface area contributed by atoms with E-state index in [-0.39, 0.29) is 37.0 Å². The van der Waals surface area contributed by atoms with Crippen LogP contribution < -0.4 is 10.9 Å². The molecule has 0 unspecified atom stereocenters. The van der Waals surface area contributed by atoms with E-state index in [1.54, 1.807) is 23.6 Å². The number of furan rings is 1. The largest absolute Gasteiger partial charge is 0.467 e. The highest BCUT2D eigenvalue weighted by molar-refractivity contribution is 7.16. The number of carbonyl (C=O) groups is 2. The van der Waals surface area contributed by atoms with Crippen LogP contribution in [-0.4, -0.2) is 39.9 Å². The van der Waals surface area contributed by atoms with Crippen molar-refractivity contribution in [3.8, 4) is 0 Å². The summed E-state index contributed by atoms with van der Waals surface area (Å²) in [5.41, 5.74) is -0.268. The van der Waals surface area contributed by atoms with Gasteiger partial charge in [0.2, 0.25) is 11.8 Å². The number of amides is 2. The first-order chi connectivity index (χ1) is 12.0. The third-order valence-electron chi connectivity index (χ3n) is 3.60. The first-order valence-corrected chi connectivity index (χ1v) is 8.38. The number of aromatic nitrogens is 2. The number of likely N-dealkylation sites (N-methyl/N-ethyl adjacent to an activating group) is 1. The van der Waals surface area contributed by atoms with Gasteiger partial charge < -0.3 is 14.6 Å². The molecule has 9 heteroatoms. The summed E-state index contributed by atoms with van der Waals surface area (Å²) in [5, 5.41) is 4.92. The molecule has 0 spiro atoms. The molecule has 3 aromatic heterocycles. The maximum absolute atomic E-state index is 12.3. The molecule has 0 bridgehead atoms. The maximum Gasteiger partial charge on any atom is 0.262 e.